The number of carbonyl (C=O) groups is 3. The van der Waals surface area contributed by atoms with Crippen molar-refractivity contribution in [2.75, 3.05) is 14.2 Å². The van der Waals surface area contributed by atoms with Gasteiger partial charge in [-0.15, -0.1) is 0 Å². The molecule has 23 heavy (non-hydrogen) atoms. The number of rotatable bonds is 7. The summed E-state index contributed by atoms with van der Waals surface area (Å²) in [7, 11) is 2.40. The van der Waals surface area contributed by atoms with Gasteiger partial charge < -0.3 is 19.9 Å². The first-order valence-corrected chi connectivity index (χ1v) is 6.85. The SMILES string of the molecule is COC(=O)/C=C/C[C@H](NC(=O)[C@@H](O)c1ccccc1)C(=O)OC. The zero-order valence-corrected chi connectivity index (χ0v) is 12.9. The molecule has 0 unspecified atom stereocenters. The van der Waals surface area contributed by atoms with Crippen molar-refractivity contribution in [2.45, 2.75) is 18.6 Å². The van der Waals surface area contributed by atoms with Crippen molar-refractivity contribution in [3.05, 3.63) is 48.0 Å². The highest BCUT2D eigenvalue weighted by molar-refractivity contribution is 5.88. The monoisotopic (exact) mass is 321 g/mol. The van der Waals surface area contributed by atoms with Crippen LogP contribution in [0.4, 0.5) is 0 Å². The summed E-state index contributed by atoms with van der Waals surface area (Å²) in [6.07, 6.45) is 1.13. The van der Waals surface area contributed by atoms with Crippen molar-refractivity contribution in [1.82, 2.24) is 5.32 Å². The average Bonchev–Trinajstić information content (AvgIpc) is 2.59. The lowest BCUT2D eigenvalue weighted by Crippen LogP contribution is -2.43. The Labute approximate surface area is 133 Å². The van der Waals surface area contributed by atoms with Crippen molar-refractivity contribution >= 4 is 17.8 Å². The minimum atomic E-state index is -1.41. The summed E-state index contributed by atoms with van der Waals surface area (Å²) in [5.74, 6) is -2.00. The van der Waals surface area contributed by atoms with Gasteiger partial charge in [0.2, 0.25) is 0 Å². The molecule has 2 atom stereocenters. The first-order chi connectivity index (χ1) is 11.0. The van der Waals surface area contributed by atoms with Gasteiger partial charge in [0.25, 0.3) is 5.91 Å². The average molecular weight is 321 g/mol. The topological polar surface area (TPSA) is 102 Å². The molecule has 124 valence electrons. The molecule has 0 saturated carbocycles. The smallest absolute Gasteiger partial charge is 0.330 e. The second-order valence-corrected chi connectivity index (χ2v) is 4.56. The van der Waals surface area contributed by atoms with Crippen molar-refractivity contribution in [3.8, 4) is 0 Å². The molecule has 0 aliphatic carbocycles. The van der Waals surface area contributed by atoms with Crippen molar-refractivity contribution in [1.29, 1.82) is 0 Å². The summed E-state index contributed by atoms with van der Waals surface area (Å²) >= 11 is 0. The van der Waals surface area contributed by atoms with Crippen LogP contribution in [0.1, 0.15) is 18.1 Å². The van der Waals surface area contributed by atoms with E-state index in [-0.39, 0.29) is 6.42 Å². The normalized spacial score (nSPS) is 13.2. The van der Waals surface area contributed by atoms with E-state index >= 15 is 0 Å². The van der Waals surface area contributed by atoms with Gasteiger partial charge in [-0.3, -0.25) is 4.79 Å². The van der Waals surface area contributed by atoms with Gasteiger partial charge in [0.05, 0.1) is 14.2 Å². The molecule has 0 aliphatic rings. The third-order valence-corrected chi connectivity index (χ3v) is 2.99. The summed E-state index contributed by atoms with van der Waals surface area (Å²) in [4.78, 5) is 34.7. The summed E-state index contributed by atoms with van der Waals surface area (Å²) < 4.78 is 9.02. The third kappa shape index (κ3) is 5.91. The quantitative estimate of drug-likeness (QED) is 0.560. The fourth-order valence-corrected chi connectivity index (χ4v) is 1.76. The molecule has 1 aromatic rings. The van der Waals surface area contributed by atoms with Crippen LogP contribution in [-0.4, -0.2) is 43.2 Å². The standard InChI is InChI=1S/C16H19NO6/c1-22-13(18)10-6-9-12(16(21)23-2)17-15(20)14(19)11-7-4-3-5-8-11/h3-8,10,12,14,19H,9H2,1-2H3,(H,17,20)/b10-6+/t12-,14-/m0/s1. The van der Waals surface area contributed by atoms with Crippen LogP contribution in [0, 0.1) is 0 Å². The van der Waals surface area contributed by atoms with Crippen LogP contribution in [0.2, 0.25) is 0 Å². The Balaban J connectivity index is 2.72. The van der Waals surface area contributed by atoms with Crippen LogP contribution < -0.4 is 5.32 Å². The van der Waals surface area contributed by atoms with Crippen LogP contribution in [0.3, 0.4) is 0 Å². The molecule has 7 heteroatoms. The third-order valence-electron chi connectivity index (χ3n) is 2.99. The molecule has 0 radical (unpaired) electrons. The van der Waals surface area contributed by atoms with Gasteiger partial charge in [0.1, 0.15) is 6.04 Å². The largest absolute Gasteiger partial charge is 0.467 e. The molecule has 1 amide bonds. The maximum Gasteiger partial charge on any atom is 0.330 e. The molecule has 0 aromatic heterocycles. The van der Waals surface area contributed by atoms with Gasteiger partial charge in [-0.05, 0) is 12.0 Å². The zero-order valence-electron chi connectivity index (χ0n) is 12.9. The minimum absolute atomic E-state index is 0.0228. The van der Waals surface area contributed by atoms with E-state index in [1.165, 1.54) is 20.3 Å². The molecule has 0 spiro atoms. The minimum Gasteiger partial charge on any atom is -0.467 e. The van der Waals surface area contributed by atoms with E-state index in [0.717, 1.165) is 6.08 Å². The number of hydrogen-bond donors (Lipinski definition) is 2. The van der Waals surface area contributed by atoms with Gasteiger partial charge in [0.15, 0.2) is 6.10 Å². The molecular formula is C16H19NO6. The second-order valence-electron chi connectivity index (χ2n) is 4.56. The van der Waals surface area contributed by atoms with E-state index in [1.807, 2.05) is 0 Å². The molecule has 0 aliphatic heterocycles. The van der Waals surface area contributed by atoms with Crippen LogP contribution in [0.5, 0.6) is 0 Å². The summed E-state index contributed by atoms with van der Waals surface area (Å²) in [5, 5.41) is 12.4. The Bertz CT molecular complexity index is 569. The number of aliphatic hydroxyl groups is 1. The maximum atomic E-state index is 12.0. The van der Waals surface area contributed by atoms with Gasteiger partial charge in [-0.1, -0.05) is 36.4 Å². The first kappa shape index (κ1) is 18.4. The summed E-state index contributed by atoms with van der Waals surface area (Å²) in [6.45, 7) is 0. The van der Waals surface area contributed by atoms with E-state index in [2.05, 4.69) is 14.8 Å². The Morgan fingerprint density at radius 2 is 1.83 bits per heavy atom. The Kier molecular flexibility index (Phi) is 7.49. The molecule has 7 nitrogen and oxygen atoms in total. The first-order valence-electron chi connectivity index (χ1n) is 6.85. The van der Waals surface area contributed by atoms with Gasteiger partial charge >= 0.3 is 11.9 Å². The van der Waals surface area contributed by atoms with E-state index in [0.29, 0.717) is 5.56 Å². The number of hydrogen-bond acceptors (Lipinski definition) is 6. The van der Waals surface area contributed by atoms with E-state index in [4.69, 9.17) is 0 Å². The predicted octanol–water partition coefficient (Wildman–Crippen LogP) is 0.497. The summed E-state index contributed by atoms with van der Waals surface area (Å²) in [5.41, 5.74) is 0.402. The number of benzene rings is 1. The van der Waals surface area contributed by atoms with Crippen LogP contribution in [-0.2, 0) is 23.9 Å². The van der Waals surface area contributed by atoms with E-state index in [1.54, 1.807) is 30.3 Å². The number of ether oxygens (including phenoxy) is 2. The molecule has 0 fully saturated rings. The number of amides is 1. The Morgan fingerprint density at radius 1 is 1.17 bits per heavy atom. The molecule has 2 N–H and O–H groups in total. The van der Waals surface area contributed by atoms with Crippen molar-refractivity contribution in [2.24, 2.45) is 0 Å². The van der Waals surface area contributed by atoms with Gasteiger partial charge in [-0.2, -0.15) is 0 Å². The highest BCUT2D eigenvalue weighted by Crippen LogP contribution is 2.12. The second kappa shape index (κ2) is 9.37. The van der Waals surface area contributed by atoms with Crippen LogP contribution in [0.15, 0.2) is 42.5 Å². The van der Waals surface area contributed by atoms with E-state index < -0.39 is 30.0 Å². The van der Waals surface area contributed by atoms with Gasteiger partial charge in [-0.25, -0.2) is 9.59 Å². The van der Waals surface area contributed by atoms with Gasteiger partial charge in [0, 0.05) is 6.08 Å². The van der Waals surface area contributed by atoms with E-state index in [9.17, 15) is 19.5 Å². The lowest BCUT2D eigenvalue weighted by molar-refractivity contribution is -0.146. The number of nitrogens with one attached hydrogen (secondary N) is 1. The number of esters is 2. The maximum absolute atomic E-state index is 12.0. The lowest BCUT2D eigenvalue weighted by Gasteiger charge is -2.17. The van der Waals surface area contributed by atoms with Crippen molar-refractivity contribution in [3.63, 3.8) is 0 Å². The summed E-state index contributed by atoms with van der Waals surface area (Å²) in [6, 6.07) is 7.28. The lowest BCUT2D eigenvalue weighted by atomic mass is 10.1. The highest BCUT2D eigenvalue weighted by atomic mass is 16.5. The van der Waals surface area contributed by atoms with Crippen LogP contribution in [0.25, 0.3) is 0 Å². The Morgan fingerprint density at radius 3 is 2.39 bits per heavy atom. The predicted molar refractivity (Wildman–Crippen MR) is 81.1 cm³/mol. The molecule has 1 rings (SSSR count). The fraction of sp³-hybridized carbons (Fsp3) is 0.312. The number of aliphatic hydroxyl groups excluding tert-OH is 1. The Hall–Kier alpha value is -2.67. The zero-order chi connectivity index (χ0) is 17.2. The molecule has 0 bridgehead atoms. The molecular weight excluding hydrogens is 302 g/mol. The number of carbonyl (C=O) groups excluding carboxylic acids is 3. The number of methoxy groups -OCH3 is 2. The van der Waals surface area contributed by atoms with Crippen LogP contribution >= 0.6 is 0 Å². The molecule has 0 saturated heterocycles. The van der Waals surface area contributed by atoms with Crippen molar-refractivity contribution < 1.29 is 29.0 Å². The molecule has 0 heterocycles. The fourth-order valence-electron chi connectivity index (χ4n) is 1.76. The highest BCUT2D eigenvalue weighted by Gasteiger charge is 2.25. The molecule has 1 aromatic carbocycles.